The van der Waals surface area contributed by atoms with E-state index in [9.17, 15) is 29.0 Å². The number of aromatic amines is 2. The highest BCUT2D eigenvalue weighted by Gasteiger charge is 2.55. The van der Waals surface area contributed by atoms with E-state index in [-0.39, 0.29) is 58.6 Å². The van der Waals surface area contributed by atoms with E-state index in [0.29, 0.717) is 127 Å². The van der Waals surface area contributed by atoms with Crippen LogP contribution in [0.5, 0.6) is 46.0 Å². The summed E-state index contributed by atoms with van der Waals surface area (Å²) in [4.78, 5) is 74.3. The van der Waals surface area contributed by atoms with Crippen LogP contribution in [0.3, 0.4) is 0 Å². The SMILES string of the molecule is CC(C)NCC(O)c1ccc(O)c(O)c1.COC(=O)[C@H]1[C@H]2C[C@@H]3c4[nH]c5cc(OC)ccc5c4CCN3C[C@H]2C[C@@H](OC(=O)c2cc(OC)c(OC)c(OC)c2)[C@@H]1OC.COc1cc2nc(N3CCN(C(=O)c4ccco4)CC3)nc(N)c2cc1OC.NC(=NCCCc1cnc[nH]1)NCCC(c1ccc(F)cc1)c1ccccn1. The molecular formula is C84H103FN14O16. The van der Waals surface area contributed by atoms with Gasteiger partial charge in [-0.05, 0) is 146 Å². The second kappa shape index (κ2) is 39.7. The number of fused-ring (bicyclic) bond motifs is 7. The average Bonchev–Trinajstić information content (AvgIpc) is 1.71. The summed E-state index contributed by atoms with van der Waals surface area (Å²) in [6.45, 7) is 9.68. The Labute approximate surface area is 666 Å². The number of amides is 1. The van der Waals surface area contributed by atoms with Crippen LogP contribution in [0.2, 0.25) is 0 Å². The number of aliphatic imine (C=N–C) groups is 1. The number of methoxy groups -OCH3 is 8. The molecule has 31 heteroatoms. The zero-order chi connectivity index (χ0) is 81.8. The summed E-state index contributed by atoms with van der Waals surface area (Å²) < 4.78 is 68.3. The number of aryl methyl sites for hydroxylation is 1. The minimum Gasteiger partial charge on any atom is -0.504 e. The number of aromatic hydroxyl groups is 2. The number of anilines is 2. The molecule has 30 nitrogen and oxygen atoms in total. The molecule has 0 spiro atoms. The number of piperidine rings is 1. The summed E-state index contributed by atoms with van der Waals surface area (Å²) in [6, 6.07) is 33.3. The number of aliphatic hydroxyl groups is 1. The molecule has 0 radical (unpaired) electrons. The van der Waals surface area contributed by atoms with Crippen LogP contribution in [0.1, 0.15) is 112 Å². The van der Waals surface area contributed by atoms with Gasteiger partial charge in [0.25, 0.3) is 5.91 Å². The Kier molecular flexibility index (Phi) is 29.0. The van der Waals surface area contributed by atoms with E-state index in [0.717, 1.165) is 73.4 Å². The number of nitrogen functional groups attached to an aromatic ring is 1. The van der Waals surface area contributed by atoms with Crippen LogP contribution in [0.25, 0.3) is 21.8 Å². The van der Waals surface area contributed by atoms with E-state index in [1.807, 2.05) is 67.4 Å². The van der Waals surface area contributed by atoms with Crippen molar-refractivity contribution in [2.75, 3.05) is 126 Å². The summed E-state index contributed by atoms with van der Waals surface area (Å²) in [6.07, 6.45) is 9.56. The molecule has 5 aromatic carbocycles. The van der Waals surface area contributed by atoms with Crippen LogP contribution in [0.4, 0.5) is 16.2 Å². The number of nitrogens with one attached hydrogen (secondary N) is 4. The third-order valence-corrected chi connectivity index (χ3v) is 21.2. The maximum absolute atomic E-state index is 13.5. The number of aliphatic hydroxyl groups excluding tert-OH is 1. The van der Waals surface area contributed by atoms with Crippen molar-refractivity contribution in [2.24, 2.45) is 28.5 Å². The van der Waals surface area contributed by atoms with E-state index in [4.69, 9.17) is 63.6 Å². The van der Waals surface area contributed by atoms with Crippen LogP contribution in [0.15, 0.2) is 150 Å². The lowest BCUT2D eigenvalue weighted by molar-refractivity contribution is -0.176. The monoisotopic (exact) mass is 1580 g/mol. The fraction of sp³-hybridized carbons (Fsp3) is 0.405. The summed E-state index contributed by atoms with van der Waals surface area (Å²) in [5.41, 5.74) is 20.3. The molecule has 0 bridgehead atoms. The molecule has 11 N–H and O–H groups in total. The lowest BCUT2D eigenvalue weighted by Crippen LogP contribution is -2.58. The van der Waals surface area contributed by atoms with Gasteiger partial charge in [0.2, 0.25) is 11.7 Å². The number of ether oxygens (including phenoxy) is 9. The number of phenols is 2. The van der Waals surface area contributed by atoms with Crippen LogP contribution in [-0.4, -0.2) is 213 Å². The Morgan fingerprint density at radius 2 is 1.52 bits per heavy atom. The van der Waals surface area contributed by atoms with E-state index >= 15 is 0 Å². The number of pyridine rings is 1. The summed E-state index contributed by atoms with van der Waals surface area (Å²) >= 11 is 0. The number of benzene rings is 5. The van der Waals surface area contributed by atoms with Gasteiger partial charge < -0.3 is 104 Å². The number of nitrogens with two attached hydrogens (primary N) is 2. The minimum absolute atomic E-state index is 0.0170. The van der Waals surface area contributed by atoms with Gasteiger partial charge >= 0.3 is 11.9 Å². The maximum atomic E-state index is 13.5. The van der Waals surface area contributed by atoms with Gasteiger partial charge in [-0.15, -0.1) is 0 Å². The number of hydrogen-bond acceptors (Lipinski definition) is 25. The topological polar surface area (TPSA) is 389 Å². The predicted molar refractivity (Wildman–Crippen MR) is 431 cm³/mol. The number of carbonyl (C=O) groups excluding carboxylic acids is 3. The lowest BCUT2D eigenvalue weighted by Gasteiger charge is -2.52. The molecule has 115 heavy (non-hydrogen) atoms. The number of nitrogens with zero attached hydrogens (tertiary/aromatic N) is 8. The molecule has 10 aromatic rings. The molecule has 1 amide bonds. The number of halogens is 1. The molecule has 1 saturated carbocycles. The Morgan fingerprint density at radius 3 is 2.17 bits per heavy atom. The second-order valence-corrected chi connectivity index (χ2v) is 28.4. The molecule has 5 aromatic heterocycles. The molecule has 4 aliphatic rings. The first-order valence-corrected chi connectivity index (χ1v) is 38.1. The highest BCUT2D eigenvalue weighted by atomic mass is 19.1. The van der Waals surface area contributed by atoms with Crippen molar-refractivity contribution in [3.05, 3.63) is 191 Å². The maximum Gasteiger partial charge on any atom is 0.338 e. The Morgan fingerprint density at radius 1 is 0.783 bits per heavy atom. The van der Waals surface area contributed by atoms with Crippen LogP contribution in [0, 0.1) is 23.6 Å². The molecule has 3 fully saturated rings. The first-order valence-electron chi connectivity index (χ1n) is 38.1. The fourth-order valence-corrected chi connectivity index (χ4v) is 15.3. The zero-order valence-electron chi connectivity index (χ0n) is 66.3. The van der Waals surface area contributed by atoms with Crippen LogP contribution in [-0.2, 0) is 31.8 Å². The molecule has 2 unspecified atom stereocenters. The van der Waals surface area contributed by atoms with E-state index in [1.54, 1.807) is 88.3 Å². The highest BCUT2D eigenvalue weighted by molar-refractivity contribution is 5.93. The van der Waals surface area contributed by atoms with Crippen molar-refractivity contribution in [1.29, 1.82) is 0 Å². The van der Waals surface area contributed by atoms with Gasteiger partial charge in [-0.25, -0.2) is 19.2 Å². The largest absolute Gasteiger partial charge is 0.504 e. The molecule has 612 valence electrons. The number of hydrogen-bond donors (Lipinski definition) is 9. The minimum atomic E-state index is -0.682. The van der Waals surface area contributed by atoms with E-state index in [2.05, 4.69) is 56.5 Å². The quantitative estimate of drug-likeness (QED) is 0.00844. The van der Waals surface area contributed by atoms with Crippen molar-refractivity contribution in [1.82, 2.24) is 50.3 Å². The highest BCUT2D eigenvalue weighted by Crippen LogP contribution is 2.51. The average molecular weight is 1580 g/mol. The Balaban J connectivity index is 0.000000161. The van der Waals surface area contributed by atoms with Gasteiger partial charge in [-0.3, -0.25) is 24.5 Å². The van der Waals surface area contributed by atoms with Gasteiger partial charge in [0, 0.05) is 136 Å². The molecule has 8 atom stereocenters. The first kappa shape index (κ1) is 84.0. The number of phenolic OH excluding ortho intramolecular Hbond substituents is 2. The molecule has 14 rings (SSSR count). The second-order valence-electron chi connectivity index (χ2n) is 28.4. The van der Waals surface area contributed by atoms with Gasteiger partial charge in [0.05, 0.1) is 91.5 Å². The molecule has 1 aliphatic carbocycles. The number of aromatic nitrogens is 6. The number of guanidine groups is 1. The molecule has 8 heterocycles. The van der Waals surface area contributed by atoms with Gasteiger partial charge in [0.15, 0.2) is 46.2 Å². The summed E-state index contributed by atoms with van der Waals surface area (Å²) in [5, 5.41) is 36.2. The smallest absolute Gasteiger partial charge is 0.338 e. The molecular weight excluding hydrogens is 1480 g/mol. The van der Waals surface area contributed by atoms with Gasteiger partial charge in [-0.2, -0.15) is 4.98 Å². The standard InChI is InChI=1S/C33H40N2O9.C21H25FN6.C19H21N5O4.C11H17NO3/c1-38-19-7-8-20-21-9-10-35-16-18-13-27(44-32(36)17-11-25(39-2)30(41-4)26(12-17)40-3)31(42-5)28(33(37)43-6)22(18)15-24(35)29(21)34-23(20)14-19;22-17-8-6-16(7-9-17)19(20-5-1-2-11-25-20)10-13-27-21(23)26-12-3-4-18-14-24-15-28-18;1-26-15-10-12-13(11-16(15)27-2)21-19(22-17(12)20)24-7-5-23(6-8-24)18(25)14-4-3-9-28-14;1-7(2)12-6-11(15)8-3-4-9(13)10(14)5-8/h7-8,11-12,14,18,22,24,27-28,31,34H,9-10,13,15-16H2,1-6H3;1-2,5-9,11,14-15,19H,3-4,10,12-13H2,(H,24,28)(H3,23,26,27);3-4,9-11H,5-8H2,1-2H3,(H2,20,21,22);3-5,7,11-15H,6H2,1-2H3/t18-,22+,24-,27-,28+,31+;;;/m1.../s1. The van der Waals surface area contributed by atoms with Gasteiger partial charge in [-0.1, -0.05) is 38.1 Å². The number of rotatable bonds is 25. The summed E-state index contributed by atoms with van der Waals surface area (Å²) in [7, 11) is 12.2. The number of carbonyl (C=O) groups is 3. The summed E-state index contributed by atoms with van der Waals surface area (Å²) in [5.74, 6) is 2.59. The van der Waals surface area contributed by atoms with Crippen LogP contribution < -0.4 is 55.4 Å². The Bertz CT molecular complexity index is 4850. The number of imidazole rings is 1. The van der Waals surface area contributed by atoms with E-state index < -0.39 is 30.2 Å². The normalized spacial score (nSPS) is 18.3. The molecule has 2 saturated heterocycles. The van der Waals surface area contributed by atoms with Crippen molar-refractivity contribution in [3.8, 4) is 46.0 Å². The van der Waals surface area contributed by atoms with E-state index in [1.165, 1.54) is 75.6 Å². The number of esters is 2. The van der Waals surface area contributed by atoms with Crippen LogP contribution >= 0.6 is 0 Å². The van der Waals surface area contributed by atoms with Gasteiger partial charge in [0.1, 0.15) is 29.6 Å². The molecule has 3 aliphatic heterocycles. The zero-order valence-corrected chi connectivity index (χ0v) is 66.3. The van der Waals surface area contributed by atoms with Crippen molar-refractivity contribution in [2.45, 2.75) is 88.7 Å². The van der Waals surface area contributed by atoms with Crippen molar-refractivity contribution < 1.29 is 81.1 Å². The van der Waals surface area contributed by atoms with Crippen molar-refractivity contribution >= 4 is 57.4 Å². The predicted octanol–water partition coefficient (Wildman–Crippen LogP) is 10.1. The Hall–Kier alpha value is -11.9. The number of piperazine rings is 1. The number of furan rings is 1. The van der Waals surface area contributed by atoms with Crippen molar-refractivity contribution in [3.63, 3.8) is 0 Å². The first-order chi connectivity index (χ1) is 55.7. The fourth-order valence-electron chi connectivity index (χ4n) is 15.3. The number of H-pyrrole nitrogens is 2. The lowest BCUT2D eigenvalue weighted by atomic mass is 9.63. The third kappa shape index (κ3) is 20.5. The third-order valence-electron chi connectivity index (χ3n) is 21.2.